The molecule has 0 saturated carbocycles. The van der Waals surface area contributed by atoms with Crippen LogP contribution in [-0.4, -0.2) is 46.2 Å². The normalized spacial score (nSPS) is 10.7. The van der Waals surface area contributed by atoms with Gasteiger partial charge in [0.05, 0.1) is 17.8 Å². The lowest BCUT2D eigenvalue weighted by molar-refractivity contribution is 0.326. The van der Waals surface area contributed by atoms with Crippen LogP contribution in [0.15, 0.2) is 60.3 Å². The third-order valence-electron chi connectivity index (χ3n) is 3.92. The molecule has 0 unspecified atom stereocenters. The Balaban J connectivity index is 1.51. The Morgan fingerprint density at radius 2 is 2.10 bits per heavy atom. The van der Waals surface area contributed by atoms with Crippen molar-refractivity contribution in [3.63, 3.8) is 0 Å². The number of hydrogen-bond acceptors (Lipinski definition) is 7. The van der Waals surface area contributed by atoms with E-state index in [1.54, 1.807) is 29.6 Å². The van der Waals surface area contributed by atoms with Crippen LogP contribution in [0.2, 0.25) is 5.02 Å². The molecule has 0 aliphatic rings. The van der Waals surface area contributed by atoms with E-state index < -0.39 is 0 Å². The molecular weight excluding hydrogens is 410 g/mol. The number of aromatic nitrogens is 4. The van der Waals surface area contributed by atoms with Crippen molar-refractivity contribution in [1.82, 2.24) is 25.5 Å². The van der Waals surface area contributed by atoms with E-state index in [-0.39, 0.29) is 0 Å². The second-order valence-corrected chi connectivity index (χ2v) is 7.41. The van der Waals surface area contributed by atoms with Crippen molar-refractivity contribution in [3.05, 3.63) is 65.7 Å². The van der Waals surface area contributed by atoms with Crippen LogP contribution in [0.3, 0.4) is 0 Å². The third-order valence-corrected chi connectivity index (χ3v) is 5.12. The first-order chi connectivity index (χ1) is 14.2. The molecule has 3 rings (SSSR count). The number of ether oxygens (including phenoxy) is 2. The van der Waals surface area contributed by atoms with Gasteiger partial charge in [0.2, 0.25) is 5.16 Å². The number of methoxy groups -OCH3 is 1. The van der Waals surface area contributed by atoms with Gasteiger partial charge >= 0.3 is 0 Å². The summed E-state index contributed by atoms with van der Waals surface area (Å²) in [4.78, 5) is 0. The Morgan fingerprint density at radius 1 is 1.28 bits per heavy atom. The Hall–Kier alpha value is -2.55. The lowest BCUT2D eigenvalue weighted by Crippen LogP contribution is -2.17. The number of tetrazole rings is 1. The monoisotopic (exact) mass is 431 g/mol. The molecule has 0 aliphatic carbocycles. The van der Waals surface area contributed by atoms with Gasteiger partial charge in [0.15, 0.2) is 11.5 Å². The summed E-state index contributed by atoms with van der Waals surface area (Å²) in [6.45, 7) is 5.44. The van der Waals surface area contributed by atoms with E-state index in [0.717, 1.165) is 28.7 Å². The molecule has 0 atom stereocenters. The number of hydrogen-bond donors (Lipinski definition) is 1. The number of benzene rings is 2. The maximum absolute atomic E-state index is 6.34. The predicted octanol–water partition coefficient (Wildman–Crippen LogP) is 3.77. The van der Waals surface area contributed by atoms with Gasteiger partial charge in [-0.15, -0.1) is 5.10 Å². The summed E-state index contributed by atoms with van der Waals surface area (Å²) in [6, 6.07) is 13.6. The Kier molecular flexibility index (Phi) is 7.92. The second kappa shape index (κ2) is 10.8. The Morgan fingerprint density at radius 3 is 2.86 bits per heavy atom. The van der Waals surface area contributed by atoms with E-state index in [9.17, 15) is 0 Å². The van der Waals surface area contributed by atoms with Crippen LogP contribution in [0.25, 0.3) is 5.69 Å². The van der Waals surface area contributed by atoms with E-state index in [2.05, 4.69) is 27.4 Å². The van der Waals surface area contributed by atoms with Crippen LogP contribution in [0, 0.1) is 0 Å². The summed E-state index contributed by atoms with van der Waals surface area (Å²) in [5, 5.41) is 16.6. The molecule has 0 aliphatic heterocycles. The molecular formula is C20H22ClN5O2S. The van der Waals surface area contributed by atoms with Gasteiger partial charge in [-0.05, 0) is 40.3 Å². The molecule has 2 aromatic carbocycles. The first-order valence-corrected chi connectivity index (χ1v) is 10.4. The van der Waals surface area contributed by atoms with Gasteiger partial charge in [-0.3, -0.25) is 0 Å². The number of thioether (sulfide) groups is 1. The van der Waals surface area contributed by atoms with Gasteiger partial charge < -0.3 is 14.8 Å². The summed E-state index contributed by atoms with van der Waals surface area (Å²) in [5.41, 5.74) is 1.95. The summed E-state index contributed by atoms with van der Waals surface area (Å²) in [6.07, 6.45) is 1.66. The summed E-state index contributed by atoms with van der Waals surface area (Å²) >= 11 is 7.93. The molecule has 0 radical (unpaired) electrons. The molecule has 7 nitrogen and oxygen atoms in total. The van der Waals surface area contributed by atoms with E-state index >= 15 is 0 Å². The molecule has 0 spiro atoms. The van der Waals surface area contributed by atoms with Gasteiger partial charge in [0, 0.05) is 18.8 Å². The molecule has 29 heavy (non-hydrogen) atoms. The zero-order chi connectivity index (χ0) is 20.5. The summed E-state index contributed by atoms with van der Waals surface area (Å²) in [7, 11) is 1.59. The van der Waals surface area contributed by atoms with Gasteiger partial charge in [-0.1, -0.05) is 54.2 Å². The molecule has 9 heteroatoms. The lowest BCUT2D eigenvalue weighted by Gasteiger charge is -2.13. The number of nitrogens with zero attached hydrogens (tertiary/aromatic N) is 4. The lowest BCUT2D eigenvalue weighted by atomic mass is 10.2. The average Bonchev–Trinajstić information content (AvgIpc) is 3.21. The molecule has 0 fully saturated rings. The quantitative estimate of drug-likeness (QED) is 0.281. The van der Waals surface area contributed by atoms with Gasteiger partial charge in [0.25, 0.3) is 0 Å². The molecule has 3 aromatic rings. The van der Waals surface area contributed by atoms with Gasteiger partial charge in [-0.2, -0.15) is 4.68 Å². The van der Waals surface area contributed by atoms with Crippen LogP contribution < -0.4 is 14.8 Å². The van der Waals surface area contributed by atoms with Crippen molar-refractivity contribution >= 4 is 23.4 Å². The highest BCUT2D eigenvalue weighted by Crippen LogP contribution is 2.36. The maximum Gasteiger partial charge on any atom is 0.214 e. The minimum atomic E-state index is 0.368. The molecule has 0 bridgehead atoms. The topological polar surface area (TPSA) is 74.1 Å². The molecule has 0 amide bonds. The minimum Gasteiger partial charge on any atom is -0.493 e. The van der Waals surface area contributed by atoms with Crippen molar-refractivity contribution in [2.45, 2.75) is 11.7 Å². The molecule has 1 aromatic heterocycles. The van der Waals surface area contributed by atoms with Crippen LogP contribution in [0.1, 0.15) is 5.56 Å². The van der Waals surface area contributed by atoms with Crippen molar-refractivity contribution in [2.24, 2.45) is 0 Å². The van der Waals surface area contributed by atoms with Crippen molar-refractivity contribution in [3.8, 4) is 17.2 Å². The first kappa shape index (κ1) is 21.2. The highest BCUT2D eigenvalue weighted by Gasteiger charge is 2.12. The largest absolute Gasteiger partial charge is 0.493 e. The number of para-hydroxylation sites is 1. The van der Waals surface area contributed by atoms with Crippen molar-refractivity contribution in [1.29, 1.82) is 0 Å². The highest BCUT2D eigenvalue weighted by atomic mass is 35.5. The predicted molar refractivity (Wildman–Crippen MR) is 115 cm³/mol. The number of nitrogens with one attached hydrogen (secondary N) is 1. The zero-order valence-corrected chi connectivity index (χ0v) is 17.6. The van der Waals surface area contributed by atoms with E-state index in [1.165, 1.54) is 0 Å². The molecule has 1 N–H and O–H groups in total. The number of rotatable bonds is 11. The Bertz CT molecular complexity index is 936. The first-order valence-electron chi connectivity index (χ1n) is 9.00. The summed E-state index contributed by atoms with van der Waals surface area (Å²) < 4.78 is 12.7. The minimum absolute atomic E-state index is 0.368. The number of halogens is 1. The fourth-order valence-electron chi connectivity index (χ4n) is 2.61. The van der Waals surface area contributed by atoms with E-state index in [0.29, 0.717) is 29.7 Å². The van der Waals surface area contributed by atoms with Crippen LogP contribution in [0.5, 0.6) is 11.5 Å². The van der Waals surface area contributed by atoms with Crippen molar-refractivity contribution in [2.75, 3.05) is 26.0 Å². The second-order valence-electron chi connectivity index (χ2n) is 5.94. The van der Waals surface area contributed by atoms with Gasteiger partial charge in [0.1, 0.15) is 6.61 Å². The average molecular weight is 432 g/mol. The fourth-order valence-corrected chi connectivity index (χ4v) is 3.68. The highest BCUT2D eigenvalue weighted by molar-refractivity contribution is 7.99. The molecule has 1 heterocycles. The van der Waals surface area contributed by atoms with Gasteiger partial charge in [-0.25, -0.2) is 0 Å². The van der Waals surface area contributed by atoms with Crippen molar-refractivity contribution < 1.29 is 9.47 Å². The maximum atomic E-state index is 6.34. The zero-order valence-electron chi connectivity index (χ0n) is 16.0. The summed E-state index contributed by atoms with van der Waals surface area (Å²) in [5.74, 6) is 1.95. The van der Waals surface area contributed by atoms with E-state index in [1.807, 2.05) is 42.5 Å². The van der Waals surface area contributed by atoms with Crippen LogP contribution in [-0.2, 0) is 6.54 Å². The SMILES string of the molecule is C=CCOc1c(Cl)cc(CNCCSc2nnnn2-c2ccccc2)cc1OC. The van der Waals surface area contributed by atoms with Crippen LogP contribution in [0.4, 0.5) is 0 Å². The van der Waals surface area contributed by atoms with E-state index in [4.69, 9.17) is 21.1 Å². The smallest absolute Gasteiger partial charge is 0.214 e. The fraction of sp³-hybridized carbons (Fsp3) is 0.250. The standard InChI is InChI=1S/C20H22ClN5O2S/c1-3-10-28-19-17(21)12-15(13-18(19)27-2)14-22-9-11-29-20-23-24-25-26(20)16-7-5-4-6-8-16/h3-8,12-13,22H,1,9-11,14H2,2H3. The molecule has 0 saturated heterocycles. The van der Waals surface area contributed by atoms with Crippen LogP contribution >= 0.6 is 23.4 Å². The third kappa shape index (κ3) is 5.72. The Labute approximate surface area is 179 Å². The molecule has 152 valence electrons.